The van der Waals surface area contributed by atoms with E-state index in [4.69, 9.17) is 4.74 Å². The molecule has 0 aliphatic carbocycles. The third-order valence-corrected chi connectivity index (χ3v) is 4.56. The predicted octanol–water partition coefficient (Wildman–Crippen LogP) is 5.93. The number of hydrogen-bond donors (Lipinski definition) is 1. The van der Waals surface area contributed by atoms with Crippen LogP contribution >= 0.6 is 38.5 Å². The molecule has 1 atom stereocenters. The van der Waals surface area contributed by atoms with Crippen LogP contribution in [0.15, 0.2) is 22.7 Å². The molecule has 0 aromatic heterocycles. The normalized spacial score (nSPS) is 13.6. The minimum Gasteiger partial charge on any atom is -0.444 e. The van der Waals surface area contributed by atoms with E-state index in [0.29, 0.717) is 0 Å². The highest BCUT2D eigenvalue weighted by molar-refractivity contribution is 14.1. The minimum absolute atomic E-state index is 0.0412. The van der Waals surface area contributed by atoms with Crippen LogP contribution < -0.4 is 5.32 Å². The Bertz CT molecular complexity index is 547. The summed E-state index contributed by atoms with van der Waals surface area (Å²) < 4.78 is 7.67. The van der Waals surface area contributed by atoms with Crippen LogP contribution in [0.1, 0.15) is 53.5 Å². The highest BCUT2D eigenvalue weighted by Gasteiger charge is 2.24. The van der Waals surface area contributed by atoms with Gasteiger partial charge < -0.3 is 10.1 Å². The van der Waals surface area contributed by atoms with Crippen molar-refractivity contribution in [2.45, 2.75) is 66.0 Å². The predicted molar refractivity (Wildman–Crippen MR) is 108 cm³/mol. The molecule has 1 aromatic rings. The molecule has 0 radical (unpaired) electrons. The van der Waals surface area contributed by atoms with Crippen molar-refractivity contribution in [1.82, 2.24) is 5.32 Å². The van der Waals surface area contributed by atoms with Crippen LogP contribution in [0.2, 0.25) is 0 Å². The molecule has 0 aliphatic heterocycles. The lowest BCUT2D eigenvalue weighted by atomic mass is 9.86. The number of alkyl carbamates (subject to hydrolysis) is 1. The highest BCUT2D eigenvalue weighted by atomic mass is 127. The van der Waals surface area contributed by atoms with Crippen molar-refractivity contribution in [3.63, 3.8) is 0 Å². The summed E-state index contributed by atoms with van der Waals surface area (Å²) in [5, 5.41) is 3.04. The first kappa shape index (κ1) is 20.7. The second-order valence-corrected chi connectivity index (χ2v) is 10.1. The number of benzene rings is 1. The van der Waals surface area contributed by atoms with Gasteiger partial charge in [-0.05, 0) is 79.3 Å². The first-order chi connectivity index (χ1) is 10.4. The molecule has 1 amide bonds. The van der Waals surface area contributed by atoms with E-state index in [-0.39, 0.29) is 17.6 Å². The Balaban J connectivity index is 2.86. The van der Waals surface area contributed by atoms with Gasteiger partial charge in [-0.3, -0.25) is 0 Å². The number of amides is 1. The van der Waals surface area contributed by atoms with E-state index < -0.39 is 5.60 Å². The van der Waals surface area contributed by atoms with Crippen LogP contribution in [-0.4, -0.2) is 17.7 Å². The van der Waals surface area contributed by atoms with Crippen LogP contribution in [0.4, 0.5) is 4.79 Å². The van der Waals surface area contributed by atoms with Crippen molar-refractivity contribution < 1.29 is 9.53 Å². The Morgan fingerprint density at radius 2 is 1.87 bits per heavy atom. The summed E-state index contributed by atoms with van der Waals surface area (Å²) in [4.78, 5) is 12.1. The lowest BCUT2D eigenvalue weighted by molar-refractivity contribution is 0.0492. The standard InChI is InChI=1S/C18H27BrINO2/c1-17(2,3)11-14(21-16(22)23-18(4,5)6)9-12-7-8-13(19)10-15(12)20/h7-8,10,14H,9,11H2,1-6H3,(H,21,22). The molecule has 0 bridgehead atoms. The second-order valence-electron chi connectivity index (χ2n) is 8.05. The molecule has 1 aromatic carbocycles. The first-order valence-corrected chi connectivity index (χ1v) is 9.66. The van der Waals surface area contributed by atoms with Crippen LogP contribution in [0, 0.1) is 8.99 Å². The second kappa shape index (κ2) is 8.19. The third kappa shape index (κ3) is 8.94. The van der Waals surface area contributed by atoms with E-state index in [9.17, 15) is 4.79 Å². The molecular weight excluding hydrogens is 469 g/mol. The molecule has 1 rings (SSSR count). The van der Waals surface area contributed by atoms with Crippen molar-refractivity contribution in [3.8, 4) is 0 Å². The van der Waals surface area contributed by atoms with Crippen molar-refractivity contribution in [2.75, 3.05) is 0 Å². The van der Waals surface area contributed by atoms with E-state index in [1.807, 2.05) is 26.8 Å². The lowest BCUT2D eigenvalue weighted by Gasteiger charge is -2.28. The van der Waals surface area contributed by atoms with Crippen LogP contribution in [-0.2, 0) is 11.2 Å². The molecule has 0 heterocycles. The third-order valence-electron chi connectivity index (χ3n) is 3.06. The number of rotatable bonds is 4. The maximum absolute atomic E-state index is 12.1. The van der Waals surface area contributed by atoms with Crippen molar-refractivity contribution in [3.05, 3.63) is 31.8 Å². The lowest BCUT2D eigenvalue weighted by Crippen LogP contribution is -2.42. The van der Waals surface area contributed by atoms with Crippen LogP contribution in [0.5, 0.6) is 0 Å². The van der Waals surface area contributed by atoms with Crippen LogP contribution in [0.3, 0.4) is 0 Å². The molecule has 0 saturated carbocycles. The molecule has 130 valence electrons. The number of nitrogens with one attached hydrogen (secondary N) is 1. The maximum atomic E-state index is 12.1. The fourth-order valence-electron chi connectivity index (χ4n) is 2.34. The minimum atomic E-state index is -0.484. The number of halogens is 2. The smallest absolute Gasteiger partial charge is 0.407 e. The summed E-state index contributed by atoms with van der Waals surface area (Å²) in [5.74, 6) is 0. The quantitative estimate of drug-likeness (QED) is 0.526. The average Bonchev–Trinajstić information content (AvgIpc) is 2.27. The molecule has 3 nitrogen and oxygen atoms in total. The Kier molecular flexibility index (Phi) is 7.38. The topological polar surface area (TPSA) is 38.3 Å². The Hall–Kier alpha value is -0.300. The van der Waals surface area contributed by atoms with E-state index in [2.05, 4.69) is 76.7 Å². The fourth-order valence-corrected chi connectivity index (χ4v) is 3.86. The van der Waals surface area contributed by atoms with Gasteiger partial charge >= 0.3 is 6.09 Å². The zero-order valence-corrected chi connectivity index (χ0v) is 18.5. The van der Waals surface area contributed by atoms with Gasteiger partial charge in [0.1, 0.15) is 5.60 Å². The van der Waals surface area contributed by atoms with Gasteiger partial charge in [-0.2, -0.15) is 0 Å². The van der Waals surface area contributed by atoms with Gasteiger partial charge in [0.05, 0.1) is 0 Å². The van der Waals surface area contributed by atoms with Gasteiger partial charge in [-0.1, -0.05) is 42.8 Å². The van der Waals surface area contributed by atoms with E-state index >= 15 is 0 Å². The molecule has 23 heavy (non-hydrogen) atoms. The van der Waals surface area contributed by atoms with E-state index in [1.54, 1.807) is 0 Å². The zero-order valence-electron chi connectivity index (χ0n) is 14.8. The molecule has 0 aliphatic rings. The molecule has 1 N–H and O–H groups in total. The number of carbonyl (C=O) groups is 1. The van der Waals surface area contributed by atoms with Gasteiger partial charge in [0.15, 0.2) is 0 Å². The van der Waals surface area contributed by atoms with Crippen molar-refractivity contribution in [2.24, 2.45) is 5.41 Å². The number of carbonyl (C=O) groups excluding carboxylic acids is 1. The monoisotopic (exact) mass is 495 g/mol. The molecular formula is C18H27BrINO2. The molecule has 0 spiro atoms. The van der Waals surface area contributed by atoms with Gasteiger partial charge in [0, 0.05) is 14.1 Å². The maximum Gasteiger partial charge on any atom is 0.407 e. The van der Waals surface area contributed by atoms with Crippen LogP contribution in [0.25, 0.3) is 0 Å². The van der Waals surface area contributed by atoms with Gasteiger partial charge in [-0.25, -0.2) is 4.79 Å². The van der Waals surface area contributed by atoms with Crippen molar-refractivity contribution in [1.29, 1.82) is 0 Å². The summed E-state index contributed by atoms with van der Waals surface area (Å²) in [6, 6.07) is 6.29. The first-order valence-electron chi connectivity index (χ1n) is 7.79. The van der Waals surface area contributed by atoms with E-state index in [1.165, 1.54) is 9.13 Å². The summed E-state index contributed by atoms with van der Waals surface area (Å²) in [6.07, 6.45) is 1.33. The van der Waals surface area contributed by atoms with Crippen molar-refractivity contribution >= 4 is 44.6 Å². The highest BCUT2D eigenvalue weighted by Crippen LogP contribution is 2.25. The SMILES string of the molecule is CC(C)(C)CC(Cc1ccc(Br)cc1I)NC(=O)OC(C)(C)C. The molecule has 5 heteroatoms. The summed E-state index contributed by atoms with van der Waals surface area (Å²) >= 11 is 5.83. The Morgan fingerprint density at radius 3 is 2.35 bits per heavy atom. The largest absolute Gasteiger partial charge is 0.444 e. The van der Waals surface area contributed by atoms with Gasteiger partial charge in [0.25, 0.3) is 0 Å². The van der Waals surface area contributed by atoms with Gasteiger partial charge in [0.2, 0.25) is 0 Å². The molecule has 0 fully saturated rings. The number of hydrogen-bond acceptors (Lipinski definition) is 2. The summed E-state index contributed by atoms with van der Waals surface area (Å²) in [7, 11) is 0. The number of ether oxygens (including phenoxy) is 1. The molecule has 1 unspecified atom stereocenters. The summed E-state index contributed by atoms with van der Waals surface area (Å²) in [5.41, 5.74) is 0.877. The zero-order chi connectivity index (χ0) is 17.8. The fraction of sp³-hybridized carbons (Fsp3) is 0.611. The molecule has 0 saturated heterocycles. The Labute approximate surface area is 162 Å². The average molecular weight is 496 g/mol. The summed E-state index contributed by atoms with van der Waals surface area (Å²) in [6.45, 7) is 12.2. The Morgan fingerprint density at radius 1 is 1.26 bits per heavy atom. The van der Waals surface area contributed by atoms with Gasteiger partial charge in [-0.15, -0.1) is 0 Å². The van der Waals surface area contributed by atoms with E-state index in [0.717, 1.165) is 17.3 Å².